The van der Waals surface area contributed by atoms with Crippen LogP contribution in [0.15, 0.2) is 0 Å². The maximum absolute atomic E-state index is 12.1. The van der Waals surface area contributed by atoms with Crippen molar-refractivity contribution in [3.63, 3.8) is 0 Å². The monoisotopic (exact) mass is 524 g/mol. The van der Waals surface area contributed by atoms with Crippen molar-refractivity contribution in [1.82, 2.24) is 0 Å². The van der Waals surface area contributed by atoms with Crippen LogP contribution in [0.25, 0.3) is 0 Å². The van der Waals surface area contributed by atoms with Crippen LogP contribution in [-0.4, -0.2) is 129 Å². The number of rotatable bonds is 16. The third-order valence-corrected chi connectivity index (χ3v) is 6.91. The number of hydrogen-bond donors (Lipinski definition) is 7. The Morgan fingerprint density at radius 1 is 0.806 bits per heavy atom. The molecule has 2 saturated heterocycles. The van der Waals surface area contributed by atoms with E-state index in [4.69, 9.17) is 18.9 Å². The normalized spacial score (nSPS) is 36.8. The van der Waals surface area contributed by atoms with Gasteiger partial charge >= 0.3 is 5.97 Å². The lowest BCUT2D eigenvalue weighted by atomic mass is 9.95. The zero-order chi connectivity index (χ0) is 26.7. The van der Waals surface area contributed by atoms with Crippen molar-refractivity contribution in [3.8, 4) is 0 Å². The first kappa shape index (κ1) is 31.3. The number of carbonyl (C=O) groups is 1. The predicted octanol–water partition coefficient (Wildman–Crippen LogP) is -1.62. The molecule has 0 amide bonds. The first-order valence-corrected chi connectivity index (χ1v) is 12.9. The van der Waals surface area contributed by atoms with E-state index in [9.17, 15) is 40.5 Å². The second kappa shape index (κ2) is 15.5. The fourth-order valence-electron chi connectivity index (χ4n) is 4.52. The third-order valence-electron chi connectivity index (χ3n) is 6.91. The van der Waals surface area contributed by atoms with Gasteiger partial charge in [-0.05, 0) is 6.42 Å². The fourth-order valence-corrected chi connectivity index (χ4v) is 4.52. The van der Waals surface area contributed by atoms with Gasteiger partial charge in [0.2, 0.25) is 0 Å². The lowest BCUT2D eigenvalue weighted by molar-refractivity contribution is -0.246. The molecular formula is C24H44O12. The molecule has 0 saturated carbocycles. The van der Waals surface area contributed by atoms with Crippen molar-refractivity contribution in [2.45, 2.75) is 113 Å². The summed E-state index contributed by atoms with van der Waals surface area (Å²) in [7, 11) is 0. The highest BCUT2D eigenvalue weighted by molar-refractivity contribution is 5.69. The molecule has 0 aromatic carbocycles. The Bertz CT molecular complexity index is 636. The molecule has 9 atom stereocenters. The highest BCUT2D eigenvalue weighted by Gasteiger charge is 2.54. The fraction of sp³-hybridized carbons (Fsp3) is 0.958. The van der Waals surface area contributed by atoms with E-state index in [2.05, 4.69) is 6.92 Å². The predicted molar refractivity (Wildman–Crippen MR) is 125 cm³/mol. The molecule has 2 aliphatic heterocycles. The Balaban J connectivity index is 1.78. The molecule has 0 spiro atoms. The van der Waals surface area contributed by atoms with Crippen molar-refractivity contribution in [3.05, 3.63) is 0 Å². The number of aliphatic hydroxyl groups excluding tert-OH is 7. The van der Waals surface area contributed by atoms with Gasteiger partial charge in [-0.2, -0.15) is 0 Å². The Morgan fingerprint density at radius 2 is 1.42 bits per heavy atom. The van der Waals surface area contributed by atoms with Crippen LogP contribution in [0.3, 0.4) is 0 Å². The van der Waals surface area contributed by atoms with Crippen molar-refractivity contribution < 1.29 is 59.5 Å². The van der Waals surface area contributed by atoms with Crippen molar-refractivity contribution in [2.24, 2.45) is 0 Å². The topological polar surface area (TPSA) is 196 Å². The van der Waals surface area contributed by atoms with E-state index in [-0.39, 0.29) is 19.6 Å². The van der Waals surface area contributed by atoms with Crippen LogP contribution >= 0.6 is 0 Å². The van der Waals surface area contributed by atoms with E-state index in [1.165, 1.54) is 19.3 Å². The molecule has 0 aromatic heterocycles. The van der Waals surface area contributed by atoms with Gasteiger partial charge in [0.05, 0.1) is 26.4 Å². The second-order valence-electron chi connectivity index (χ2n) is 9.75. The summed E-state index contributed by atoms with van der Waals surface area (Å²) in [5, 5.41) is 69.9. The summed E-state index contributed by atoms with van der Waals surface area (Å²) in [6, 6.07) is 0. The summed E-state index contributed by atoms with van der Waals surface area (Å²) in [5.41, 5.74) is -1.70. The quantitative estimate of drug-likeness (QED) is 0.0902. The maximum atomic E-state index is 12.1. The smallest absolute Gasteiger partial charge is 0.305 e. The molecule has 12 nitrogen and oxygen atoms in total. The third kappa shape index (κ3) is 8.29. The highest BCUT2D eigenvalue weighted by atomic mass is 16.6. The molecule has 36 heavy (non-hydrogen) atoms. The van der Waals surface area contributed by atoms with Crippen LogP contribution in [0.5, 0.6) is 0 Å². The van der Waals surface area contributed by atoms with Crippen LogP contribution in [0.4, 0.5) is 0 Å². The van der Waals surface area contributed by atoms with Crippen LogP contribution < -0.4 is 0 Å². The number of esters is 1. The van der Waals surface area contributed by atoms with E-state index < -0.39 is 80.2 Å². The van der Waals surface area contributed by atoms with Crippen LogP contribution in [0.2, 0.25) is 0 Å². The lowest BCUT2D eigenvalue weighted by Gasteiger charge is -2.40. The molecule has 2 aliphatic rings. The van der Waals surface area contributed by atoms with Gasteiger partial charge in [-0.3, -0.25) is 4.79 Å². The van der Waals surface area contributed by atoms with Crippen molar-refractivity contribution in [2.75, 3.05) is 33.0 Å². The molecule has 2 fully saturated rings. The molecule has 0 radical (unpaired) electrons. The minimum Gasteiger partial charge on any atom is -0.463 e. The Kier molecular flexibility index (Phi) is 13.4. The molecule has 0 aromatic rings. The summed E-state index contributed by atoms with van der Waals surface area (Å²) in [6.45, 7) is -0.195. The summed E-state index contributed by atoms with van der Waals surface area (Å²) in [5.74, 6) is -0.443. The molecule has 7 N–H and O–H groups in total. The molecule has 12 heteroatoms. The summed E-state index contributed by atoms with van der Waals surface area (Å²) in [6.07, 6.45) is -3.25. The molecule has 0 aliphatic carbocycles. The second-order valence-corrected chi connectivity index (χ2v) is 9.75. The van der Waals surface area contributed by atoms with Gasteiger partial charge in [0.25, 0.3) is 0 Å². The van der Waals surface area contributed by atoms with Gasteiger partial charge in [-0.25, -0.2) is 0 Å². The van der Waals surface area contributed by atoms with Gasteiger partial charge in [-0.1, -0.05) is 45.4 Å². The molecule has 2 rings (SSSR count). The van der Waals surface area contributed by atoms with Crippen LogP contribution in [-0.2, 0) is 23.7 Å². The molecular weight excluding hydrogens is 480 g/mol. The molecule has 2 heterocycles. The van der Waals surface area contributed by atoms with Gasteiger partial charge < -0.3 is 54.7 Å². The molecule has 0 bridgehead atoms. The largest absolute Gasteiger partial charge is 0.463 e. The van der Waals surface area contributed by atoms with Crippen LogP contribution in [0.1, 0.15) is 58.3 Å². The standard InChI is InChI=1S/C24H44O12/c1-2-3-4-5-6-7-8-9-18(27)34-12-17-20(29)22(31)19(28)16(35-17)11-33-14-24(13-26)23(32)21(30)15(10-25)36-24/h15-17,19-23,25-26,28-32H,2-14H2,1H3/t15-,16-,17?,19?,20-,21?,22-,23-,24+/m1/s1. The maximum Gasteiger partial charge on any atom is 0.305 e. The minimum atomic E-state index is -1.70. The van der Waals surface area contributed by atoms with Gasteiger partial charge in [0, 0.05) is 6.42 Å². The number of carbonyl (C=O) groups excluding carboxylic acids is 1. The van der Waals surface area contributed by atoms with E-state index in [1.807, 2.05) is 0 Å². The number of aliphatic hydroxyl groups is 7. The number of ether oxygens (including phenoxy) is 4. The van der Waals surface area contributed by atoms with Gasteiger partial charge in [0.15, 0.2) is 0 Å². The van der Waals surface area contributed by atoms with Crippen molar-refractivity contribution >= 4 is 5.97 Å². The Morgan fingerprint density at radius 3 is 2.00 bits per heavy atom. The average Bonchev–Trinajstić information content (AvgIpc) is 3.12. The number of hydrogen-bond acceptors (Lipinski definition) is 12. The average molecular weight is 525 g/mol. The summed E-state index contributed by atoms with van der Waals surface area (Å²) in [4.78, 5) is 12.1. The van der Waals surface area contributed by atoms with Gasteiger partial charge in [0.1, 0.15) is 61.0 Å². The van der Waals surface area contributed by atoms with E-state index in [0.717, 1.165) is 19.3 Å². The Labute approximate surface area is 211 Å². The van der Waals surface area contributed by atoms with E-state index >= 15 is 0 Å². The first-order valence-electron chi connectivity index (χ1n) is 12.9. The Hall–Kier alpha value is -0.930. The summed E-state index contributed by atoms with van der Waals surface area (Å²) < 4.78 is 21.7. The zero-order valence-electron chi connectivity index (χ0n) is 21.0. The van der Waals surface area contributed by atoms with Crippen LogP contribution in [0, 0.1) is 0 Å². The van der Waals surface area contributed by atoms with Gasteiger partial charge in [-0.15, -0.1) is 0 Å². The minimum absolute atomic E-state index is 0.237. The van der Waals surface area contributed by atoms with E-state index in [0.29, 0.717) is 6.42 Å². The van der Waals surface area contributed by atoms with E-state index in [1.54, 1.807) is 0 Å². The lowest BCUT2D eigenvalue weighted by Crippen LogP contribution is -2.60. The molecule has 212 valence electrons. The summed E-state index contributed by atoms with van der Waals surface area (Å²) >= 11 is 0. The highest BCUT2D eigenvalue weighted by Crippen LogP contribution is 2.32. The number of unbranched alkanes of at least 4 members (excludes halogenated alkanes) is 6. The zero-order valence-corrected chi connectivity index (χ0v) is 21.0. The van der Waals surface area contributed by atoms with Crippen molar-refractivity contribution in [1.29, 1.82) is 0 Å². The SMILES string of the molecule is CCCCCCCCCC(=O)OCC1O[C@H](COC[C@]2(CO)O[C@H](CO)C(O)[C@H]2O)C(O)[C@@H](O)[C@@H]1O. The molecule has 3 unspecified atom stereocenters. The first-order chi connectivity index (χ1) is 17.2.